The van der Waals surface area contributed by atoms with Crippen LogP contribution in [0.1, 0.15) is 22.3 Å². The fourth-order valence-electron chi connectivity index (χ4n) is 1.93. The maximum Gasteiger partial charge on any atom is 0.165 e. The SMILES string of the molecule is COc1cc(C(=O)CCN)c(Br)c2c1OCC2. The van der Waals surface area contributed by atoms with Crippen LogP contribution in [-0.2, 0) is 6.42 Å². The van der Waals surface area contributed by atoms with E-state index in [9.17, 15) is 4.79 Å². The molecular weight excluding hydrogens is 286 g/mol. The summed E-state index contributed by atoms with van der Waals surface area (Å²) in [5, 5.41) is 0. The molecule has 0 aromatic heterocycles. The number of hydrogen-bond acceptors (Lipinski definition) is 4. The maximum absolute atomic E-state index is 11.9. The van der Waals surface area contributed by atoms with E-state index in [1.807, 2.05) is 0 Å². The molecule has 17 heavy (non-hydrogen) atoms. The number of nitrogens with two attached hydrogens (primary N) is 1. The molecule has 1 aromatic carbocycles. The van der Waals surface area contributed by atoms with E-state index >= 15 is 0 Å². The molecule has 0 spiro atoms. The van der Waals surface area contributed by atoms with Crippen LogP contribution in [0.25, 0.3) is 0 Å². The van der Waals surface area contributed by atoms with Crippen LogP contribution in [0.3, 0.4) is 0 Å². The van der Waals surface area contributed by atoms with E-state index in [0.717, 1.165) is 22.2 Å². The van der Waals surface area contributed by atoms with E-state index in [0.29, 0.717) is 30.9 Å². The molecule has 92 valence electrons. The molecule has 0 saturated carbocycles. The molecule has 2 rings (SSSR count). The van der Waals surface area contributed by atoms with Crippen molar-refractivity contribution in [2.75, 3.05) is 20.3 Å². The Balaban J connectivity index is 2.50. The minimum Gasteiger partial charge on any atom is -0.493 e. The third-order valence-electron chi connectivity index (χ3n) is 2.76. The highest BCUT2D eigenvalue weighted by Crippen LogP contribution is 2.42. The van der Waals surface area contributed by atoms with Crippen LogP contribution in [0.15, 0.2) is 10.5 Å². The molecule has 2 N–H and O–H groups in total. The monoisotopic (exact) mass is 299 g/mol. The second-order valence-electron chi connectivity index (χ2n) is 3.81. The number of halogens is 1. The van der Waals surface area contributed by atoms with Crippen LogP contribution in [0, 0.1) is 0 Å². The summed E-state index contributed by atoms with van der Waals surface area (Å²) in [5.41, 5.74) is 7.03. The van der Waals surface area contributed by atoms with E-state index in [4.69, 9.17) is 15.2 Å². The molecule has 0 amide bonds. The van der Waals surface area contributed by atoms with E-state index in [2.05, 4.69) is 15.9 Å². The molecule has 0 unspecified atom stereocenters. The third-order valence-corrected chi connectivity index (χ3v) is 3.67. The van der Waals surface area contributed by atoms with Crippen LogP contribution in [0.5, 0.6) is 11.5 Å². The van der Waals surface area contributed by atoms with Crippen LogP contribution in [-0.4, -0.2) is 26.0 Å². The smallest absolute Gasteiger partial charge is 0.165 e. The van der Waals surface area contributed by atoms with Crippen molar-refractivity contribution in [1.82, 2.24) is 0 Å². The summed E-state index contributed by atoms with van der Waals surface area (Å²) in [7, 11) is 1.57. The molecule has 1 aliphatic rings. The van der Waals surface area contributed by atoms with Crippen molar-refractivity contribution < 1.29 is 14.3 Å². The average Bonchev–Trinajstić information content (AvgIpc) is 2.79. The van der Waals surface area contributed by atoms with Gasteiger partial charge in [0.05, 0.1) is 13.7 Å². The van der Waals surface area contributed by atoms with Gasteiger partial charge in [0, 0.05) is 28.4 Å². The first kappa shape index (κ1) is 12.4. The molecule has 5 heteroatoms. The van der Waals surface area contributed by atoms with Gasteiger partial charge in [0.2, 0.25) is 0 Å². The Labute approximate surface area is 108 Å². The summed E-state index contributed by atoms with van der Waals surface area (Å²) in [5.74, 6) is 1.37. The lowest BCUT2D eigenvalue weighted by Crippen LogP contribution is -2.09. The fourth-order valence-corrected chi connectivity index (χ4v) is 2.64. The van der Waals surface area contributed by atoms with Gasteiger partial charge < -0.3 is 15.2 Å². The zero-order valence-corrected chi connectivity index (χ0v) is 11.2. The van der Waals surface area contributed by atoms with Gasteiger partial charge >= 0.3 is 0 Å². The third kappa shape index (κ3) is 2.17. The lowest BCUT2D eigenvalue weighted by atomic mass is 10.0. The summed E-state index contributed by atoms with van der Waals surface area (Å²) in [6.07, 6.45) is 1.12. The first-order chi connectivity index (χ1) is 8.19. The second kappa shape index (κ2) is 5.06. The van der Waals surface area contributed by atoms with Crippen LogP contribution >= 0.6 is 15.9 Å². The molecule has 1 heterocycles. The summed E-state index contributed by atoms with van der Waals surface area (Å²) in [4.78, 5) is 11.9. The van der Waals surface area contributed by atoms with E-state index in [1.54, 1.807) is 13.2 Å². The zero-order valence-electron chi connectivity index (χ0n) is 9.59. The molecular formula is C12H14BrNO3. The summed E-state index contributed by atoms with van der Waals surface area (Å²) in [6.45, 7) is 0.972. The quantitative estimate of drug-likeness (QED) is 0.863. The predicted molar refractivity (Wildman–Crippen MR) is 67.9 cm³/mol. The number of fused-ring (bicyclic) bond motifs is 1. The molecule has 0 radical (unpaired) electrons. The molecule has 0 bridgehead atoms. The number of carbonyl (C=O) groups excluding carboxylic acids is 1. The standard InChI is InChI=1S/C12H14BrNO3/c1-16-10-6-8(9(15)2-4-14)11(13)7-3-5-17-12(7)10/h6H,2-5,14H2,1H3. The Morgan fingerprint density at radius 3 is 3.06 bits per heavy atom. The minimum atomic E-state index is 0.0207. The lowest BCUT2D eigenvalue weighted by molar-refractivity contribution is 0.0984. The number of ketones is 1. The van der Waals surface area contributed by atoms with Gasteiger partial charge in [-0.3, -0.25) is 4.79 Å². The van der Waals surface area contributed by atoms with Gasteiger partial charge in [0.15, 0.2) is 17.3 Å². The Hall–Kier alpha value is -1.07. The van der Waals surface area contributed by atoms with Crippen molar-refractivity contribution in [2.45, 2.75) is 12.8 Å². The lowest BCUT2D eigenvalue weighted by Gasteiger charge is -2.12. The summed E-state index contributed by atoms with van der Waals surface area (Å²) in [6, 6.07) is 1.71. The number of benzene rings is 1. The van der Waals surface area contributed by atoms with E-state index < -0.39 is 0 Å². The summed E-state index contributed by atoms with van der Waals surface area (Å²) < 4.78 is 11.6. The Morgan fingerprint density at radius 1 is 1.65 bits per heavy atom. The highest BCUT2D eigenvalue weighted by molar-refractivity contribution is 9.10. The molecule has 0 fully saturated rings. The van der Waals surface area contributed by atoms with Crippen molar-refractivity contribution >= 4 is 21.7 Å². The van der Waals surface area contributed by atoms with Gasteiger partial charge in [-0.05, 0) is 28.5 Å². The van der Waals surface area contributed by atoms with E-state index in [1.165, 1.54) is 0 Å². The first-order valence-electron chi connectivity index (χ1n) is 5.44. The normalized spacial score (nSPS) is 13.1. The van der Waals surface area contributed by atoms with Crippen LogP contribution in [0.4, 0.5) is 0 Å². The van der Waals surface area contributed by atoms with Gasteiger partial charge in [0.25, 0.3) is 0 Å². The highest BCUT2D eigenvalue weighted by atomic mass is 79.9. The van der Waals surface area contributed by atoms with E-state index in [-0.39, 0.29) is 5.78 Å². The van der Waals surface area contributed by atoms with Crippen molar-refractivity contribution in [3.8, 4) is 11.5 Å². The number of rotatable bonds is 4. The topological polar surface area (TPSA) is 61.5 Å². The van der Waals surface area contributed by atoms with Gasteiger partial charge in [-0.25, -0.2) is 0 Å². The van der Waals surface area contributed by atoms with Crippen molar-refractivity contribution in [3.63, 3.8) is 0 Å². The van der Waals surface area contributed by atoms with Crippen LogP contribution in [0.2, 0.25) is 0 Å². The Bertz CT molecular complexity index is 460. The molecule has 1 aliphatic heterocycles. The van der Waals surface area contributed by atoms with Crippen molar-refractivity contribution in [3.05, 3.63) is 21.7 Å². The number of Topliss-reactive ketones (excluding diaryl/α,β-unsaturated/α-hetero) is 1. The first-order valence-corrected chi connectivity index (χ1v) is 6.23. The number of ether oxygens (including phenoxy) is 2. The van der Waals surface area contributed by atoms with Gasteiger partial charge in [0.1, 0.15) is 0 Å². The number of methoxy groups -OCH3 is 1. The fraction of sp³-hybridized carbons (Fsp3) is 0.417. The maximum atomic E-state index is 11.9. The zero-order chi connectivity index (χ0) is 12.4. The number of hydrogen-bond donors (Lipinski definition) is 1. The molecule has 1 aromatic rings. The molecule has 0 saturated heterocycles. The minimum absolute atomic E-state index is 0.0207. The van der Waals surface area contributed by atoms with Gasteiger partial charge in [-0.15, -0.1) is 0 Å². The van der Waals surface area contributed by atoms with Crippen molar-refractivity contribution in [2.24, 2.45) is 5.73 Å². The van der Waals surface area contributed by atoms with Crippen LogP contribution < -0.4 is 15.2 Å². The Kier molecular flexibility index (Phi) is 3.69. The van der Waals surface area contributed by atoms with Crippen molar-refractivity contribution in [1.29, 1.82) is 0 Å². The second-order valence-corrected chi connectivity index (χ2v) is 4.60. The van der Waals surface area contributed by atoms with Gasteiger partial charge in [-0.2, -0.15) is 0 Å². The predicted octanol–water partition coefficient (Wildman–Crippen LogP) is 1.92. The van der Waals surface area contributed by atoms with Gasteiger partial charge in [-0.1, -0.05) is 0 Å². The summed E-state index contributed by atoms with van der Waals surface area (Å²) >= 11 is 3.47. The molecule has 0 aliphatic carbocycles. The Morgan fingerprint density at radius 2 is 2.41 bits per heavy atom. The average molecular weight is 300 g/mol. The number of carbonyl (C=O) groups is 1. The molecule has 4 nitrogen and oxygen atoms in total. The largest absolute Gasteiger partial charge is 0.493 e. The highest BCUT2D eigenvalue weighted by Gasteiger charge is 2.25. The molecule has 0 atom stereocenters.